The normalized spacial score (nSPS) is 19.8. The Morgan fingerprint density at radius 3 is 2.46 bits per heavy atom. The maximum atomic E-state index is 10.8. The lowest BCUT2D eigenvalue weighted by molar-refractivity contribution is -0.107. The summed E-state index contributed by atoms with van der Waals surface area (Å²) >= 11 is 0. The lowest BCUT2D eigenvalue weighted by Crippen LogP contribution is -2.19. The third-order valence-electron chi connectivity index (χ3n) is 2.04. The molecule has 0 radical (unpaired) electrons. The van der Waals surface area contributed by atoms with Gasteiger partial charge in [0.15, 0.2) is 0 Å². The molecule has 1 heterocycles. The molecule has 1 rings (SSSR count). The minimum absolute atomic E-state index is 0.215. The van der Waals surface area contributed by atoms with Crippen molar-refractivity contribution in [2.75, 3.05) is 20.6 Å². The maximum Gasteiger partial charge on any atom is 0.131 e. The highest BCUT2D eigenvalue weighted by Gasteiger charge is 2.14. The van der Waals surface area contributed by atoms with Crippen LogP contribution >= 0.6 is 10.9 Å². The Balaban J connectivity index is 2.38. The lowest BCUT2D eigenvalue weighted by atomic mass is 10.3. The molecule has 13 heavy (non-hydrogen) atoms. The fourth-order valence-corrected chi connectivity index (χ4v) is 2.94. The van der Waals surface area contributed by atoms with Crippen molar-refractivity contribution in [3.63, 3.8) is 0 Å². The van der Waals surface area contributed by atoms with E-state index in [0.29, 0.717) is 0 Å². The van der Waals surface area contributed by atoms with Crippen LogP contribution in [0.15, 0.2) is 23.0 Å². The number of rotatable bonds is 5. The van der Waals surface area contributed by atoms with Crippen molar-refractivity contribution in [1.29, 1.82) is 0 Å². The highest BCUT2D eigenvalue weighted by molar-refractivity contribution is 8.23. The summed E-state index contributed by atoms with van der Waals surface area (Å²) < 4.78 is 0. The topological polar surface area (TPSA) is 20.3 Å². The molecule has 0 saturated heterocycles. The Bertz CT molecular complexity index is 211. The maximum absolute atomic E-state index is 10.8. The minimum atomic E-state index is -0.295. The van der Waals surface area contributed by atoms with Gasteiger partial charge in [0.05, 0.1) is 5.25 Å². The smallest absolute Gasteiger partial charge is 0.131 e. The molecule has 3 heteroatoms. The van der Waals surface area contributed by atoms with Gasteiger partial charge in [0.2, 0.25) is 0 Å². The van der Waals surface area contributed by atoms with Crippen LogP contribution in [0.2, 0.25) is 0 Å². The number of hydrogen-bond acceptors (Lipinski definition) is 2. The average molecular weight is 199 g/mol. The molecule has 0 bridgehead atoms. The first-order valence-electron chi connectivity index (χ1n) is 4.46. The molecule has 0 N–H and O–H groups in total. The zero-order valence-corrected chi connectivity index (χ0v) is 9.08. The minimum Gasteiger partial charge on any atom is -0.309 e. The molecule has 0 aromatic rings. The first kappa shape index (κ1) is 10.5. The molecule has 0 saturated carbocycles. The zero-order chi connectivity index (χ0) is 9.68. The summed E-state index contributed by atoms with van der Waals surface area (Å²) in [6.45, 7) is 0.990. The summed E-state index contributed by atoms with van der Waals surface area (Å²) in [6.07, 6.45) is 6.15. The predicted molar refractivity (Wildman–Crippen MR) is 60.3 cm³/mol. The van der Waals surface area contributed by atoms with Crippen molar-refractivity contribution in [1.82, 2.24) is 4.90 Å². The molecule has 0 aromatic carbocycles. The largest absolute Gasteiger partial charge is 0.309 e. The van der Waals surface area contributed by atoms with Gasteiger partial charge < -0.3 is 9.69 Å². The molecule has 0 fully saturated rings. The molecular weight excluding hydrogens is 182 g/mol. The molecule has 74 valence electrons. The first-order valence-corrected chi connectivity index (χ1v) is 6.01. The van der Waals surface area contributed by atoms with Gasteiger partial charge in [0.1, 0.15) is 6.29 Å². The van der Waals surface area contributed by atoms with Crippen LogP contribution in [0.3, 0.4) is 0 Å². The van der Waals surface area contributed by atoms with E-state index in [2.05, 4.69) is 15.7 Å². The molecule has 1 atom stereocenters. The van der Waals surface area contributed by atoms with Gasteiger partial charge in [-0.15, -0.1) is 0 Å². The molecule has 0 aliphatic carbocycles. The number of carbonyl (C=O) groups excluding carboxylic acids is 1. The zero-order valence-electron chi connectivity index (χ0n) is 8.18. The summed E-state index contributed by atoms with van der Waals surface area (Å²) in [5, 5.41) is 4.53. The molecule has 2 nitrogen and oxygen atoms in total. The van der Waals surface area contributed by atoms with Crippen LogP contribution in [0.5, 0.6) is 0 Å². The lowest BCUT2D eigenvalue weighted by Gasteiger charge is -2.20. The number of hydrogen-bond donors (Lipinski definition) is 1. The van der Waals surface area contributed by atoms with E-state index in [9.17, 15) is 4.79 Å². The third-order valence-corrected chi connectivity index (χ3v) is 4.22. The van der Waals surface area contributed by atoms with E-state index in [1.165, 1.54) is 0 Å². The number of allylic oxidation sites excluding steroid dienone is 2. The standard InChI is InChI=1S/C10H17NOS/c1-11(2)6-5-10(9-12)13-7-3-4-8-13/h3-4,7-10,13H,5-6H2,1-2H3. The molecule has 0 aromatic heterocycles. The van der Waals surface area contributed by atoms with Crippen LogP contribution in [0.4, 0.5) is 0 Å². The van der Waals surface area contributed by atoms with Gasteiger partial charge in [0, 0.05) is 0 Å². The van der Waals surface area contributed by atoms with Crippen LogP contribution in [0.25, 0.3) is 0 Å². The average Bonchev–Trinajstić information content (AvgIpc) is 2.58. The SMILES string of the molecule is CN(C)CCC(C=O)[SH]1C=CC=C1. The Hall–Kier alpha value is -0.540. The summed E-state index contributed by atoms with van der Waals surface area (Å²) in [7, 11) is 3.78. The fraction of sp³-hybridized carbons (Fsp3) is 0.500. The predicted octanol–water partition coefficient (Wildman–Crippen LogP) is 1.55. The summed E-state index contributed by atoms with van der Waals surface area (Å²) in [6, 6.07) is 0. The van der Waals surface area contributed by atoms with E-state index in [1.54, 1.807) is 0 Å². The number of nitrogens with zero attached hydrogens (tertiary/aromatic N) is 1. The fourth-order valence-electron chi connectivity index (χ4n) is 1.25. The summed E-state index contributed by atoms with van der Waals surface area (Å²) in [5.74, 6) is 0. The van der Waals surface area contributed by atoms with Crippen LogP contribution in [0, 0.1) is 0 Å². The third kappa shape index (κ3) is 3.36. The van der Waals surface area contributed by atoms with Gasteiger partial charge in [-0.3, -0.25) is 0 Å². The van der Waals surface area contributed by atoms with Crippen molar-refractivity contribution in [3.8, 4) is 0 Å². The molecule has 0 spiro atoms. The number of aldehydes is 1. The van der Waals surface area contributed by atoms with Crippen molar-refractivity contribution in [2.45, 2.75) is 11.7 Å². The van der Waals surface area contributed by atoms with Crippen molar-refractivity contribution >= 4 is 17.2 Å². The highest BCUT2D eigenvalue weighted by atomic mass is 32.2. The van der Waals surface area contributed by atoms with Gasteiger partial charge in [0.25, 0.3) is 0 Å². The Labute approximate surface area is 82.7 Å². The number of carbonyl (C=O) groups is 1. The molecule has 1 aliphatic heterocycles. The Morgan fingerprint density at radius 1 is 1.38 bits per heavy atom. The molecule has 0 amide bonds. The molecule has 1 unspecified atom stereocenters. The van der Waals surface area contributed by atoms with E-state index in [1.807, 2.05) is 26.2 Å². The number of thiol groups is 1. The van der Waals surface area contributed by atoms with Crippen LogP contribution < -0.4 is 0 Å². The Morgan fingerprint density at radius 2 is 2.00 bits per heavy atom. The molecule has 1 aliphatic rings. The summed E-state index contributed by atoms with van der Waals surface area (Å²) in [5.41, 5.74) is 0. The van der Waals surface area contributed by atoms with Gasteiger partial charge in [-0.1, -0.05) is 12.2 Å². The van der Waals surface area contributed by atoms with Crippen molar-refractivity contribution in [3.05, 3.63) is 23.0 Å². The van der Waals surface area contributed by atoms with E-state index in [0.717, 1.165) is 19.3 Å². The van der Waals surface area contributed by atoms with Gasteiger partial charge in [-0.25, -0.2) is 10.9 Å². The second kappa shape index (κ2) is 5.25. The summed E-state index contributed by atoms with van der Waals surface area (Å²) in [4.78, 5) is 13.0. The second-order valence-electron chi connectivity index (χ2n) is 3.43. The monoisotopic (exact) mass is 199 g/mol. The van der Waals surface area contributed by atoms with Gasteiger partial charge in [-0.2, -0.15) is 0 Å². The van der Waals surface area contributed by atoms with E-state index in [4.69, 9.17) is 0 Å². The van der Waals surface area contributed by atoms with Crippen LogP contribution in [-0.4, -0.2) is 37.1 Å². The van der Waals surface area contributed by atoms with Gasteiger partial charge >= 0.3 is 0 Å². The van der Waals surface area contributed by atoms with Crippen LogP contribution in [-0.2, 0) is 4.79 Å². The highest BCUT2D eigenvalue weighted by Crippen LogP contribution is 2.38. The van der Waals surface area contributed by atoms with Crippen LogP contribution in [0.1, 0.15) is 6.42 Å². The quantitative estimate of drug-likeness (QED) is 0.535. The van der Waals surface area contributed by atoms with E-state index in [-0.39, 0.29) is 16.1 Å². The Kier molecular flexibility index (Phi) is 4.25. The van der Waals surface area contributed by atoms with Crippen molar-refractivity contribution in [2.24, 2.45) is 0 Å². The second-order valence-corrected chi connectivity index (χ2v) is 5.58. The van der Waals surface area contributed by atoms with Crippen molar-refractivity contribution < 1.29 is 4.79 Å². The van der Waals surface area contributed by atoms with E-state index < -0.39 is 0 Å². The van der Waals surface area contributed by atoms with Gasteiger partial charge in [-0.05, 0) is 37.9 Å². The molecular formula is C10H17NOS. The van der Waals surface area contributed by atoms with E-state index >= 15 is 0 Å². The first-order chi connectivity index (χ1) is 6.24.